The van der Waals surface area contributed by atoms with E-state index in [9.17, 15) is 4.79 Å². The molecule has 1 aliphatic carbocycles. The van der Waals surface area contributed by atoms with E-state index in [1.807, 2.05) is 43.6 Å². The molecule has 1 unspecified atom stereocenters. The number of methoxy groups -OCH3 is 1. The second kappa shape index (κ2) is 8.94. The summed E-state index contributed by atoms with van der Waals surface area (Å²) in [5, 5.41) is 5.34. The number of hydrogen-bond acceptors (Lipinski definition) is 3. The first-order valence-corrected chi connectivity index (χ1v) is 10.8. The number of nitrogens with zero attached hydrogens (tertiary/aromatic N) is 1. The maximum atomic E-state index is 12.6. The van der Waals surface area contributed by atoms with Crippen LogP contribution < -0.4 is 10.9 Å². The molecule has 0 spiro atoms. The number of nitrogens with one attached hydrogen (secondary N) is 1. The van der Waals surface area contributed by atoms with Crippen molar-refractivity contribution in [2.24, 2.45) is 12.5 Å². The Morgan fingerprint density at radius 3 is 2.48 bits per heavy atom. The Morgan fingerprint density at radius 1 is 1.03 bits per heavy atom. The van der Waals surface area contributed by atoms with E-state index < -0.39 is 0 Å². The summed E-state index contributed by atoms with van der Waals surface area (Å²) < 4.78 is 7.46. The molecule has 160 valence electrons. The highest BCUT2D eigenvalue weighted by atomic mass is 16.5. The molecule has 4 heteroatoms. The van der Waals surface area contributed by atoms with Gasteiger partial charge in [0.25, 0.3) is 5.56 Å². The molecule has 0 bridgehead atoms. The van der Waals surface area contributed by atoms with Gasteiger partial charge in [-0.25, -0.2) is 0 Å². The van der Waals surface area contributed by atoms with Crippen molar-refractivity contribution in [2.45, 2.75) is 26.3 Å². The van der Waals surface area contributed by atoms with Crippen molar-refractivity contribution in [1.29, 1.82) is 0 Å². The zero-order valence-corrected chi connectivity index (χ0v) is 18.5. The van der Waals surface area contributed by atoms with Crippen molar-refractivity contribution in [1.82, 2.24) is 9.88 Å². The number of aryl methyl sites for hydroxylation is 1. The third-order valence-electron chi connectivity index (χ3n) is 6.29. The van der Waals surface area contributed by atoms with Crippen molar-refractivity contribution in [3.8, 4) is 0 Å². The molecule has 1 aromatic heterocycles. The van der Waals surface area contributed by atoms with Gasteiger partial charge in [0.15, 0.2) is 0 Å². The fourth-order valence-electron chi connectivity index (χ4n) is 4.52. The number of fused-ring (bicyclic) bond motifs is 1. The van der Waals surface area contributed by atoms with Crippen molar-refractivity contribution >= 4 is 16.3 Å². The summed E-state index contributed by atoms with van der Waals surface area (Å²) in [4.78, 5) is 12.6. The Hall–Kier alpha value is -3.11. The third kappa shape index (κ3) is 4.35. The molecule has 2 aromatic carbocycles. The predicted molar refractivity (Wildman–Crippen MR) is 128 cm³/mol. The Morgan fingerprint density at radius 2 is 1.74 bits per heavy atom. The summed E-state index contributed by atoms with van der Waals surface area (Å²) in [5.74, 6) is 1.01. The molecule has 4 rings (SSSR count). The lowest BCUT2D eigenvalue weighted by Gasteiger charge is -2.35. The van der Waals surface area contributed by atoms with Crippen LogP contribution in [0.5, 0.6) is 0 Å². The van der Waals surface area contributed by atoms with Crippen LogP contribution in [0.4, 0.5) is 0 Å². The van der Waals surface area contributed by atoms with Crippen LogP contribution in [-0.2, 0) is 18.3 Å². The molecule has 1 N–H and O–H groups in total. The summed E-state index contributed by atoms with van der Waals surface area (Å²) >= 11 is 0. The average Bonchev–Trinajstić information content (AvgIpc) is 2.80. The van der Waals surface area contributed by atoms with Crippen LogP contribution in [0, 0.1) is 5.41 Å². The average molecular weight is 415 g/mol. The maximum absolute atomic E-state index is 12.6. The second-order valence-electron chi connectivity index (χ2n) is 8.58. The summed E-state index contributed by atoms with van der Waals surface area (Å²) in [6, 6.07) is 18.3. The molecular weight excluding hydrogens is 384 g/mol. The van der Waals surface area contributed by atoms with Crippen LogP contribution in [0.25, 0.3) is 16.3 Å². The quantitative estimate of drug-likeness (QED) is 0.551. The Balaban J connectivity index is 1.57. The fraction of sp³-hybridized carbons (Fsp3) is 0.296. The van der Waals surface area contributed by atoms with Crippen molar-refractivity contribution < 1.29 is 4.74 Å². The lowest BCUT2D eigenvalue weighted by Crippen LogP contribution is -2.29. The molecule has 3 aromatic rings. The topological polar surface area (TPSA) is 43.3 Å². The lowest BCUT2D eigenvalue weighted by atomic mass is 9.74. The fourth-order valence-corrected chi connectivity index (χ4v) is 4.52. The first kappa shape index (κ1) is 21.1. The highest BCUT2D eigenvalue weighted by Gasteiger charge is 2.34. The summed E-state index contributed by atoms with van der Waals surface area (Å²) in [7, 11) is 3.58. The molecule has 1 aliphatic rings. The first-order chi connectivity index (χ1) is 15.0. The van der Waals surface area contributed by atoms with Crippen molar-refractivity contribution in [2.75, 3.05) is 13.7 Å². The zero-order chi connectivity index (χ0) is 21.8. The molecule has 31 heavy (non-hydrogen) atoms. The molecular formula is C27H30N2O2. The van der Waals surface area contributed by atoms with Crippen LogP contribution in [0.1, 0.15) is 30.9 Å². The van der Waals surface area contributed by atoms with Gasteiger partial charge in [0.2, 0.25) is 0 Å². The Kier molecular flexibility index (Phi) is 6.10. The normalized spacial score (nSPS) is 18.5. The third-order valence-corrected chi connectivity index (χ3v) is 6.29. The van der Waals surface area contributed by atoms with E-state index in [-0.39, 0.29) is 11.0 Å². The first-order valence-electron chi connectivity index (χ1n) is 10.8. The van der Waals surface area contributed by atoms with Crippen LogP contribution in [0.3, 0.4) is 0 Å². The minimum Gasteiger partial charge on any atom is -0.501 e. The van der Waals surface area contributed by atoms with Crippen molar-refractivity contribution in [3.63, 3.8) is 0 Å². The zero-order valence-electron chi connectivity index (χ0n) is 18.5. The molecule has 0 fully saturated rings. The van der Waals surface area contributed by atoms with Gasteiger partial charge in [-0.1, -0.05) is 61.5 Å². The van der Waals surface area contributed by atoms with Crippen LogP contribution in [0.15, 0.2) is 83.5 Å². The maximum Gasteiger partial charge on any atom is 0.258 e. The number of allylic oxidation sites excluding steroid dienone is 4. The van der Waals surface area contributed by atoms with Crippen LogP contribution in [0.2, 0.25) is 0 Å². The van der Waals surface area contributed by atoms with E-state index in [1.165, 1.54) is 11.1 Å². The number of pyridine rings is 1. The van der Waals surface area contributed by atoms with Gasteiger partial charge in [-0.3, -0.25) is 4.79 Å². The van der Waals surface area contributed by atoms with E-state index in [0.717, 1.165) is 48.0 Å². The van der Waals surface area contributed by atoms with Gasteiger partial charge < -0.3 is 14.6 Å². The number of benzene rings is 2. The monoisotopic (exact) mass is 414 g/mol. The van der Waals surface area contributed by atoms with E-state index in [4.69, 9.17) is 4.74 Å². The van der Waals surface area contributed by atoms with Gasteiger partial charge in [-0.15, -0.1) is 0 Å². The van der Waals surface area contributed by atoms with E-state index in [1.54, 1.807) is 11.7 Å². The predicted octanol–water partition coefficient (Wildman–Crippen LogP) is 5.04. The molecule has 0 radical (unpaired) electrons. The van der Waals surface area contributed by atoms with Crippen molar-refractivity contribution in [3.05, 3.63) is 100 Å². The van der Waals surface area contributed by atoms with Gasteiger partial charge in [0, 0.05) is 36.2 Å². The summed E-state index contributed by atoms with van der Waals surface area (Å²) in [6.45, 7) is 4.02. The van der Waals surface area contributed by atoms with Crippen LogP contribution >= 0.6 is 0 Å². The highest BCUT2D eigenvalue weighted by Crippen LogP contribution is 2.44. The number of hydrogen-bond donors (Lipinski definition) is 1. The van der Waals surface area contributed by atoms with E-state index in [0.29, 0.717) is 0 Å². The smallest absolute Gasteiger partial charge is 0.258 e. The lowest BCUT2D eigenvalue weighted by molar-refractivity contribution is 0.172. The molecule has 0 saturated carbocycles. The minimum atomic E-state index is -0.113. The number of rotatable bonds is 7. The largest absolute Gasteiger partial charge is 0.501 e. The van der Waals surface area contributed by atoms with Gasteiger partial charge >= 0.3 is 0 Å². The molecule has 0 aliphatic heterocycles. The van der Waals surface area contributed by atoms with Crippen LogP contribution in [-0.4, -0.2) is 18.2 Å². The van der Waals surface area contributed by atoms with Gasteiger partial charge in [0.05, 0.1) is 7.11 Å². The molecule has 1 atom stereocenters. The molecule has 0 amide bonds. The molecule has 4 nitrogen and oxygen atoms in total. The number of aromatic nitrogens is 1. The van der Waals surface area contributed by atoms with Gasteiger partial charge in [-0.05, 0) is 48.1 Å². The van der Waals surface area contributed by atoms with Gasteiger partial charge in [-0.2, -0.15) is 0 Å². The highest BCUT2D eigenvalue weighted by molar-refractivity contribution is 5.93. The summed E-state index contributed by atoms with van der Waals surface area (Å²) in [6.07, 6.45) is 8.03. The molecule has 0 saturated heterocycles. The summed E-state index contributed by atoms with van der Waals surface area (Å²) in [5.41, 5.74) is 3.57. The second-order valence-corrected chi connectivity index (χ2v) is 8.58. The van der Waals surface area contributed by atoms with E-state index in [2.05, 4.69) is 48.7 Å². The minimum absolute atomic E-state index is 0.0387. The van der Waals surface area contributed by atoms with Gasteiger partial charge in [0.1, 0.15) is 5.76 Å². The standard InChI is InChI=1S/C27H30N2O2/c1-27(15-16-28-18-20-9-5-4-6-10-20)17-21(13-14-25(27)31-3)24-19-29(2)26(30)23-12-8-7-11-22(23)24/h4-14,19,28H,15-18H2,1-3H3. The molecule has 1 heterocycles. The SMILES string of the molecule is COC1=CC=C(c2cn(C)c(=O)c3ccccc23)CC1(C)CCNCc1ccccc1. The Bertz CT molecular complexity index is 1190. The Labute approximate surface area is 183 Å². The number of ether oxygens (including phenoxy) is 1. The van der Waals surface area contributed by atoms with E-state index >= 15 is 0 Å².